The van der Waals surface area contributed by atoms with Crippen LogP contribution in [0.5, 0.6) is 5.75 Å². The Morgan fingerprint density at radius 3 is 3.11 bits per heavy atom. The molecule has 19 heavy (non-hydrogen) atoms. The van der Waals surface area contributed by atoms with Crippen LogP contribution in [0.25, 0.3) is 0 Å². The molecule has 5 nitrogen and oxygen atoms in total. The standard InChI is InChI=1S/C14H20N2O3/c1-18-12-5-2-4-11(8-12)9-15-14(17)16-10-13-6-3-7-19-13/h2,4-5,8,13H,3,6-7,9-10H2,1H3,(H2,15,16,17). The Hall–Kier alpha value is -1.75. The predicted octanol–water partition coefficient (Wildman–Crippen LogP) is 1.67. The Labute approximate surface area is 113 Å². The van der Waals surface area contributed by atoms with Gasteiger partial charge in [-0.2, -0.15) is 0 Å². The highest BCUT2D eigenvalue weighted by Gasteiger charge is 2.15. The molecule has 0 bridgehead atoms. The van der Waals surface area contributed by atoms with Crippen molar-refractivity contribution in [1.29, 1.82) is 0 Å². The summed E-state index contributed by atoms with van der Waals surface area (Å²) >= 11 is 0. The topological polar surface area (TPSA) is 59.6 Å². The van der Waals surface area contributed by atoms with E-state index in [-0.39, 0.29) is 12.1 Å². The van der Waals surface area contributed by atoms with E-state index in [1.54, 1.807) is 7.11 Å². The molecule has 1 saturated heterocycles. The average molecular weight is 264 g/mol. The Kier molecular flexibility index (Phi) is 5.03. The van der Waals surface area contributed by atoms with Crippen LogP contribution < -0.4 is 15.4 Å². The molecule has 104 valence electrons. The molecule has 1 fully saturated rings. The fraction of sp³-hybridized carbons (Fsp3) is 0.500. The van der Waals surface area contributed by atoms with Crippen LogP contribution >= 0.6 is 0 Å². The van der Waals surface area contributed by atoms with Crippen LogP contribution in [0.1, 0.15) is 18.4 Å². The fourth-order valence-corrected chi connectivity index (χ4v) is 2.04. The van der Waals surface area contributed by atoms with Gasteiger partial charge in [-0.05, 0) is 30.5 Å². The quantitative estimate of drug-likeness (QED) is 0.850. The molecule has 0 radical (unpaired) electrons. The molecule has 2 rings (SSSR count). The van der Waals surface area contributed by atoms with Gasteiger partial charge >= 0.3 is 6.03 Å². The summed E-state index contributed by atoms with van der Waals surface area (Å²) in [5.41, 5.74) is 1.01. The monoisotopic (exact) mass is 264 g/mol. The molecule has 1 heterocycles. The Bertz CT molecular complexity index is 417. The third-order valence-corrected chi connectivity index (χ3v) is 3.10. The number of urea groups is 1. The van der Waals surface area contributed by atoms with Crippen molar-refractivity contribution in [3.63, 3.8) is 0 Å². The van der Waals surface area contributed by atoms with Gasteiger partial charge in [0.15, 0.2) is 0 Å². The Balaban J connectivity index is 1.70. The van der Waals surface area contributed by atoms with Gasteiger partial charge in [0.2, 0.25) is 0 Å². The van der Waals surface area contributed by atoms with E-state index in [1.807, 2.05) is 24.3 Å². The van der Waals surface area contributed by atoms with E-state index < -0.39 is 0 Å². The van der Waals surface area contributed by atoms with Gasteiger partial charge < -0.3 is 20.1 Å². The second kappa shape index (κ2) is 6.99. The number of methoxy groups -OCH3 is 1. The average Bonchev–Trinajstić information content (AvgIpc) is 2.96. The molecule has 0 aromatic heterocycles. The second-order valence-electron chi connectivity index (χ2n) is 4.55. The molecule has 1 atom stereocenters. The predicted molar refractivity (Wildman–Crippen MR) is 72.2 cm³/mol. The van der Waals surface area contributed by atoms with E-state index in [2.05, 4.69) is 10.6 Å². The van der Waals surface area contributed by atoms with Gasteiger partial charge in [0, 0.05) is 19.7 Å². The number of nitrogens with one attached hydrogen (secondary N) is 2. The molecule has 2 amide bonds. The molecule has 1 aliphatic heterocycles. The first-order chi connectivity index (χ1) is 9.28. The third kappa shape index (κ3) is 4.44. The lowest BCUT2D eigenvalue weighted by atomic mass is 10.2. The maximum atomic E-state index is 11.6. The number of amides is 2. The van der Waals surface area contributed by atoms with E-state index in [9.17, 15) is 4.79 Å². The van der Waals surface area contributed by atoms with Crippen molar-refractivity contribution in [3.8, 4) is 5.75 Å². The highest BCUT2D eigenvalue weighted by molar-refractivity contribution is 5.73. The third-order valence-electron chi connectivity index (χ3n) is 3.10. The van der Waals surface area contributed by atoms with Gasteiger partial charge in [0.1, 0.15) is 5.75 Å². The largest absolute Gasteiger partial charge is 0.497 e. The van der Waals surface area contributed by atoms with E-state index in [0.717, 1.165) is 30.8 Å². The zero-order valence-corrected chi connectivity index (χ0v) is 11.1. The van der Waals surface area contributed by atoms with Crippen LogP contribution in [0.15, 0.2) is 24.3 Å². The van der Waals surface area contributed by atoms with Crippen LogP contribution in [-0.4, -0.2) is 32.4 Å². The van der Waals surface area contributed by atoms with Gasteiger partial charge in [0.05, 0.1) is 13.2 Å². The summed E-state index contributed by atoms with van der Waals surface area (Å²) in [5, 5.41) is 5.63. The van der Waals surface area contributed by atoms with E-state index in [4.69, 9.17) is 9.47 Å². The summed E-state index contributed by atoms with van der Waals surface area (Å²) in [7, 11) is 1.63. The summed E-state index contributed by atoms with van der Waals surface area (Å²) in [6, 6.07) is 7.46. The van der Waals surface area contributed by atoms with Crippen LogP contribution in [0.3, 0.4) is 0 Å². The minimum absolute atomic E-state index is 0.168. The lowest BCUT2D eigenvalue weighted by molar-refractivity contribution is 0.111. The summed E-state index contributed by atoms with van der Waals surface area (Å²) < 4.78 is 10.6. The van der Waals surface area contributed by atoms with Crippen molar-refractivity contribution in [2.24, 2.45) is 0 Å². The molecule has 1 aromatic rings. The molecule has 1 unspecified atom stereocenters. The van der Waals surface area contributed by atoms with Crippen molar-refractivity contribution in [2.75, 3.05) is 20.3 Å². The summed E-state index contributed by atoms with van der Waals surface area (Å²) in [6.45, 7) is 1.86. The summed E-state index contributed by atoms with van der Waals surface area (Å²) in [6.07, 6.45) is 2.27. The minimum atomic E-state index is -0.168. The summed E-state index contributed by atoms with van der Waals surface area (Å²) in [4.78, 5) is 11.6. The van der Waals surface area contributed by atoms with Crippen LogP contribution in [0, 0.1) is 0 Å². The fourth-order valence-electron chi connectivity index (χ4n) is 2.04. The normalized spacial score (nSPS) is 18.1. The minimum Gasteiger partial charge on any atom is -0.497 e. The van der Waals surface area contributed by atoms with Crippen molar-refractivity contribution in [1.82, 2.24) is 10.6 Å². The molecule has 5 heteroatoms. The smallest absolute Gasteiger partial charge is 0.315 e. The van der Waals surface area contributed by atoms with Crippen molar-refractivity contribution in [2.45, 2.75) is 25.5 Å². The molecular weight excluding hydrogens is 244 g/mol. The van der Waals surface area contributed by atoms with E-state index in [0.29, 0.717) is 13.1 Å². The first-order valence-corrected chi connectivity index (χ1v) is 6.54. The van der Waals surface area contributed by atoms with Crippen molar-refractivity contribution in [3.05, 3.63) is 29.8 Å². The van der Waals surface area contributed by atoms with Crippen LogP contribution in [0.4, 0.5) is 4.79 Å². The van der Waals surface area contributed by atoms with Crippen LogP contribution in [0.2, 0.25) is 0 Å². The molecule has 0 saturated carbocycles. The molecule has 0 spiro atoms. The molecule has 1 aliphatic rings. The van der Waals surface area contributed by atoms with Crippen LogP contribution in [-0.2, 0) is 11.3 Å². The number of carbonyl (C=O) groups excluding carboxylic acids is 1. The zero-order valence-electron chi connectivity index (χ0n) is 11.1. The molecule has 0 aliphatic carbocycles. The number of hydrogen-bond acceptors (Lipinski definition) is 3. The number of ether oxygens (including phenoxy) is 2. The first-order valence-electron chi connectivity index (χ1n) is 6.54. The number of hydrogen-bond donors (Lipinski definition) is 2. The highest BCUT2D eigenvalue weighted by Crippen LogP contribution is 2.12. The van der Waals surface area contributed by atoms with Gasteiger partial charge in [-0.1, -0.05) is 12.1 Å². The maximum Gasteiger partial charge on any atom is 0.315 e. The van der Waals surface area contributed by atoms with Crippen molar-refractivity contribution < 1.29 is 14.3 Å². The highest BCUT2D eigenvalue weighted by atomic mass is 16.5. The number of rotatable bonds is 5. The number of benzene rings is 1. The molecular formula is C14H20N2O3. The maximum absolute atomic E-state index is 11.6. The lowest BCUT2D eigenvalue weighted by Gasteiger charge is -2.12. The van der Waals surface area contributed by atoms with Gasteiger partial charge in [0.25, 0.3) is 0 Å². The van der Waals surface area contributed by atoms with Crippen molar-refractivity contribution >= 4 is 6.03 Å². The Morgan fingerprint density at radius 2 is 2.37 bits per heavy atom. The Morgan fingerprint density at radius 1 is 1.47 bits per heavy atom. The zero-order chi connectivity index (χ0) is 13.5. The summed E-state index contributed by atoms with van der Waals surface area (Å²) in [5.74, 6) is 0.791. The SMILES string of the molecule is COc1cccc(CNC(=O)NCC2CCCO2)c1. The molecule has 2 N–H and O–H groups in total. The first kappa shape index (κ1) is 13.7. The number of carbonyl (C=O) groups is 1. The second-order valence-corrected chi connectivity index (χ2v) is 4.55. The van der Waals surface area contributed by atoms with E-state index in [1.165, 1.54) is 0 Å². The lowest BCUT2D eigenvalue weighted by Crippen LogP contribution is -2.39. The van der Waals surface area contributed by atoms with Gasteiger partial charge in [-0.3, -0.25) is 0 Å². The van der Waals surface area contributed by atoms with Gasteiger partial charge in [-0.25, -0.2) is 4.79 Å². The molecule has 1 aromatic carbocycles. The van der Waals surface area contributed by atoms with E-state index >= 15 is 0 Å². The van der Waals surface area contributed by atoms with Gasteiger partial charge in [-0.15, -0.1) is 0 Å².